The van der Waals surface area contributed by atoms with E-state index in [-0.39, 0.29) is 21.8 Å². The number of rotatable bonds is 5. The molecule has 0 aliphatic heterocycles. The molecule has 0 radical (unpaired) electrons. The molecule has 0 bridgehead atoms. The van der Waals surface area contributed by atoms with Crippen LogP contribution in [0.2, 0.25) is 0 Å². The van der Waals surface area contributed by atoms with Gasteiger partial charge in [-0.25, -0.2) is 0 Å². The first-order valence-corrected chi connectivity index (χ1v) is 13.1. The average Bonchev–Trinajstić information content (AvgIpc) is 3.02. The lowest BCUT2D eigenvalue weighted by Gasteiger charge is -2.63. The Bertz CT molecular complexity index is 853. The van der Waals surface area contributed by atoms with Gasteiger partial charge in [0, 0.05) is 22.8 Å². The van der Waals surface area contributed by atoms with Crippen molar-refractivity contribution in [3.63, 3.8) is 0 Å². The minimum atomic E-state index is -0.215. The first-order valence-electron chi connectivity index (χ1n) is 13.1. The summed E-state index contributed by atoms with van der Waals surface area (Å²) in [5.41, 5.74) is 9.84. The molecule has 0 saturated heterocycles. The molecule has 0 aromatic heterocycles. The van der Waals surface area contributed by atoms with E-state index in [1.54, 1.807) is 5.57 Å². The third kappa shape index (κ3) is 3.24. The fourth-order valence-corrected chi connectivity index (χ4v) is 8.93. The van der Waals surface area contributed by atoms with Crippen LogP contribution in [0.3, 0.4) is 0 Å². The van der Waals surface area contributed by atoms with Crippen molar-refractivity contribution in [1.82, 2.24) is 0 Å². The first kappa shape index (κ1) is 23.9. The summed E-state index contributed by atoms with van der Waals surface area (Å²) in [4.78, 5) is 23.7. The summed E-state index contributed by atoms with van der Waals surface area (Å²) in [6.45, 7) is 13.6. The van der Waals surface area contributed by atoms with Gasteiger partial charge in [-0.05, 0) is 93.0 Å². The Labute approximate surface area is 195 Å². The summed E-state index contributed by atoms with van der Waals surface area (Å²) < 4.78 is 0. The van der Waals surface area contributed by atoms with Crippen LogP contribution in [0.4, 0.5) is 0 Å². The number of nitrogens with two attached hydrogens (primary N) is 1. The van der Waals surface area contributed by atoms with E-state index in [2.05, 4.69) is 46.8 Å². The molecule has 3 unspecified atom stereocenters. The summed E-state index contributed by atoms with van der Waals surface area (Å²) in [5, 5.41) is 0. The molecule has 2 N–H and O–H groups in total. The molecular weight excluding hydrogens is 394 g/mol. The minimum Gasteiger partial charge on any atom is -0.324 e. The van der Waals surface area contributed by atoms with E-state index >= 15 is 0 Å². The molecule has 4 aliphatic carbocycles. The van der Waals surface area contributed by atoms with Crippen molar-refractivity contribution in [3.05, 3.63) is 23.3 Å². The largest absolute Gasteiger partial charge is 0.324 e. The minimum absolute atomic E-state index is 0.0724. The second-order valence-electron chi connectivity index (χ2n) is 12.8. The van der Waals surface area contributed by atoms with Crippen LogP contribution in [0.25, 0.3) is 0 Å². The van der Waals surface area contributed by atoms with Crippen LogP contribution in [-0.2, 0) is 9.59 Å². The van der Waals surface area contributed by atoms with Gasteiger partial charge in [-0.2, -0.15) is 0 Å². The lowest BCUT2D eigenvalue weighted by atomic mass is 9.42. The molecule has 0 aromatic rings. The van der Waals surface area contributed by atoms with Crippen molar-refractivity contribution in [2.75, 3.05) is 0 Å². The fourth-order valence-electron chi connectivity index (χ4n) is 8.93. The van der Waals surface area contributed by atoms with Crippen LogP contribution < -0.4 is 5.73 Å². The summed E-state index contributed by atoms with van der Waals surface area (Å²) in [5.74, 6) is 2.58. The lowest BCUT2D eigenvalue weighted by molar-refractivity contribution is -0.145. The maximum atomic E-state index is 12.8. The summed E-state index contributed by atoms with van der Waals surface area (Å²) >= 11 is 0. The third-order valence-corrected chi connectivity index (χ3v) is 11.1. The SMILES string of the molecule is C/C(C=O)=C/CCC(C)[C@@H]1CC[C@]2(C)C3=CCC4C(C)(C)C(=O)CC[C@]4(C)C3CC[C@@]12N. The molecule has 32 heavy (non-hydrogen) atoms. The van der Waals surface area contributed by atoms with Gasteiger partial charge in [0.15, 0.2) is 0 Å². The maximum absolute atomic E-state index is 12.8. The van der Waals surface area contributed by atoms with Gasteiger partial charge < -0.3 is 5.73 Å². The predicted octanol–water partition coefficient (Wildman–Crippen LogP) is 6.41. The van der Waals surface area contributed by atoms with Crippen LogP contribution in [0.5, 0.6) is 0 Å². The highest BCUT2D eigenvalue weighted by molar-refractivity contribution is 5.85. The van der Waals surface area contributed by atoms with Gasteiger partial charge in [0.1, 0.15) is 12.1 Å². The standard InChI is InChI=1S/C29H45NO2/c1-19(18-31)8-7-9-20(2)21-12-16-28(6)23-10-11-24-26(3,4)25(32)14-15-27(24,5)22(23)13-17-29(21,28)30/h8,10,18,20-22,24H,7,9,11-17,30H2,1-6H3/b19-8-/t20?,21-,22?,24?,27+,28+,29+/m0/s1. The molecule has 3 heteroatoms. The second-order valence-corrected chi connectivity index (χ2v) is 12.8. The number of carbonyl (C=O) groups excluding carboxylic acids is 2. The summed E-state index contributed by atoms with van der Waals surface area (Å²) in [7, 11) is 0. The van der Waals surface area contributed by atoms with Crippen molar-refractivity contribution >= 4 is 12.1 Å². The smallest absolute Gasteiger partial charge is 0.145 e. The van der Waals surface area contributed by atoms with E-state index in [0.717, 1.165) is 50.4 Å². The zero-order chi connectivity index (χ0) is 23.5. The third-order valence-electron chi connectivity index (χ3n) is 11.1. The number of fused-ring (bicyclic) bond motifs is 5. The Hall–Kier alpha value is -1.22. The van der Waals surface area contributed by atoms with Crippen molar-refractivity contribution in [2.45, 2.75) is 105 Å². The number of allylic oxidation sites excluding steroid dienone is 3. The van der Waals surface area contributed by atoms with Crippen LogP contribution in [-0.4, -0.2) is 17.6 Å². The topological polar surface area (TPSA) is 60.2 Å². The van der Waals surface area contributed by atoms with E-state index < -0.39 is 0 Å². The van der Waals surface area contributed by atoms with Gasteiger partial charge >= 0.3 is 0 Å². The predicted molar refractivity (Wildman–Crippen MR) is 131 cm³/mol. The molecule has 0 aromatic carbocycles. The monoisotopic (exact) mass is 439 g/mol. The van der Waals surface area contributed by atoms with E-state index in [9.17, 15) is 9.59 Å². The Morgan fingerprint density at radius 2 is 1.91 bits per heavy atom. The second kappa shape index (κ2) is 7.93. The zero-order valence-electron chi connectivity index (χ0n) is 21.3. The van der Waals surface area contributed by atoms with E-state index in [4.69, 9.17) is 5.73 Å². The van der Waals surface area contributed by atoms with Gasteiger partial charge in [-0.3, -0.25) is 9.59 Å². The molecule has 0 amide bonds. The van der Waals surface area contributed by atoms with E-state index in [0.29, 0.717) is 29.5 Å². The number of hydrogen-bond acceptors (Lipinski definition) is 3. The molecular formula is C29H45NO2. The van der Waals surface area contributed by atoms with Gasteiger partial charge in [0.05, 0.1) is 0 Å². The molecule has 3 nitrogen and oxygen atoms in total. The Morgan fingerprint density at radius 3 is 2.59 bits per heavy atom. The van der Waals surface area contributed by atoms with Crippen LogP contribution >= 0.6 is 0 Å². The van der Waals surface area contributed by atoms with Crippen LogP contribution in [0.15, 0.2) is 23.3 Å². The van der Waals surface area contributed by atoms with Crippen molar-refractivity contribution in [2.24, 2.45) is 45.7 Å². The maximum Gasteiger partial charge on any atom is 0.145 e. The first-order chi connectivity index (χ1) is 14.9. The number of aldehydes is 1. The molecule has 178 valence electrons. The Balaban J connectivity index is 1.61. The van der Waals surface area contributed by atoms with Gasteiger partial charge in [0.25, 0.3) is 0 Å². The Morgan fingerprint density at radius 1 is 1.19 bits per heavy atom. The molecule has 0 heterocycles. The fraction of sp³-hybridized carbons (Fsp3) is 0.793. The van der Waals surface area contributed by atoms with E-state index in [1.165, 1.54) is 19.3 Å². The highest BCUT2D eigenvalue weighted by atomic mass is 16.1. The quantitative estimate of drug-likeness (QED) is 0.306. The number of Topliss-reactive ketones (excluding diaryl/α,β-unsaturated/α-hetero) is 1. The highest BCUT2D eigenvalue weighted by Gasteiger charge is 2.65. The molecule has 3 saturated carbocycles. The zero-order valence-corrected chi connectivity index (χ0v) is 21.3. The van der Waals surface area contributed by atoms with Crippen LogP contribution in [0.1, 0.15) is 99.3 Å². The highest BCUT2D eigenvalue weighted by Crippen LogP contribution is 2.69. The van der Waals surface area contributed by atoms with Crippen molar-refractivity contribution < 1.29 is 9.59 Å². The lowest BCUT2D eigenvalue weighted by Crippen LogP contribution is -2.63. The van der Waals surface area contributed by atoms with Crippen molar-refractivity contribution in [3.8, 4) is 0 Å². The van der Waals surface area contributed by atoms with Gasteiger partial charge in [0.2, 0.25) is 0 Å². The van der Waals surface area contributed by atoms with E-state index in [1.807, 2.05) is 6.92 Å². The Kier molecular flexibility index (Phi) is 5.93. The average molecular weight is 440 g/mol. The number of carbonyl (C=O) groups is 2. The number of ketones is 1. The van der Waals surface area contributed by atoms with Gasteiger partial charge in [-0.1, -0.05) is 52.3 Å². The molecule has 0 spiro atoms. The van der Waals surface area contributed by atoms with Crippen molar-refractivity contribution in [1.29, 1.82) is 0 Å². The summed E-state index contributed by atoms with van der Waals surface area (Å²) in [6, 6.07) is 0. The molecule has 7 atom stereocenters. The molecule has 4 rings (SSSR count). The molecule has 4 aliphatic rings. The molecule has 3 fully saturated rings. The number of hydrogen-bond donors (Lipinski definition) is 1. The summed E-state index contributed by atoms with van der Waals surface area (Å²) in [6.07, 6.45) is 15.1. The van der Waals surface area contributed by atoms with Crippen LogP contribution in [0, 0.1) is 39.9 Å². The normalized spacial score (nSPS) is 44.2. The van der Waals surface area contributed by atoms with Gasteiger partial charge in [-0.15, -0.1) is 0 Å².